The van der Waals surface area contributed by atoms with Crippen LogP contribution in [0.15, 0.2) is 23.0 Å². The minimum absolute atomic E-state index is 0.0912. The topological polar surface area (TPSA) is 69.2 Å². The van der Waals surface area contributed by atoms with Crippen LogP contribution in [0.4, 0.5) is 0 Å². The predicted molar refractivity (Wildman–Crippen MR) is 82.2 cm³/mol. The van der Waals surface area contributed by atoms with Crippen molar-refractivity contribution in [2.45, 2.75) is 32.9 Å². The monoisotopic (exact) mass is 287 g/mol. The van der Waals surface area contributed by atoms with E-state index in [0.29, 0.717) is 23.7 Å². The zero-order valence-electron chi connectivity index (χ0n) is 12.5. The number of rotatable bonds is 3. The van der Waals surface area contributed by atoms with E-state index in [-0.39, 0.29) is 18.2 Å². The lowest BCUT2D eigenvalue weighted by Gasteiger charge is -2.24. The molecule has 0 spiro atoms. The minimum Gasteiger partial charge on any atom is -0.395 e. The first-order chi connectivity index (χ1) is 10.1. The van der Waals surface area contributed by atoms with Crippen LogP contribution in [0.2, 0.25) is 0 Å². The van der Waals surface area contributed by atoms with E-state index in [4.69, 9.17) is 0 Å². The van der Waals surface area contributed by atoms with Crippen LogP contribution in [0.1, 0.15) is 24.7 Å². The number of fused-ring (bicyclic) bond motifs is 1. The molecule has 1 aromatic carbocycles. The molecule has 2 atom stereocenters. The number of H-pyrrole nitrogens is 1. The Labute approximate surface area is 123 Å². The van der Waals surface area contributed by atoms with Crippen molar-refractivity contribution < 1.29 is 5.11 Å². The van der Waals surface area contributed by atoms with Crippen molar-refractivity contribution in [2.75, 3.05) is 13.2 Å². The fraction of sp³-hybridized carbons (Fsp3) is 0.500. The van der Waals surface area contributed by atoms with Crippen LogP contribution in [-0.4, -0.2) is 39.2 Å². The van der Waals surface area contributed by atoms with Gasteiger partial charge in [0.25, 0.3) is 5.56 Å². The Hall–Kier alpha value is -1.72. The SMILES string of the molecule is Cc1cccc2c(=O)[nH]c(CN3CCC(C)C3CO)nc12. The van der Waals surface area contributed by atoms with Gasteiger partial charge in [0.05, 0.1) is 24.1 Å². The highest BCUT2D eigenvalue weighted by atomic mass is 16.3. The van der Waals surface area contributed by atoms with Crippen LogP contribution < -0.4 is 5.56 Å². The van der Waals surface area contributed by atoms with Crippen LogP contribution in [0, 0.1) is 12.8 Å². The van der Waals surface area contributed by atoms with E-state index in [1.807, 2.05) is 19.1 Å². The van der Waals surface area contributed by atoms with E-state index >= 15 is 0 Å². The molecule has 1 saturated heterocycles. The summed E-state index contributed by atoms with van der Waals surface area (Å²) in [6.07, 6.45) is 1.07. The summed E-state index contributed by atoms with van der Waals surface area (Å²) in [6.45, 7) is 5.78. The average molecular weight is 287 g/mol. The number of aliphatic hydroxyl groups is 1. The van der Waals surface area contributed by atoms with Crippen molar-refractivity contribution in [1.29, 1.82) is 0 Å². The van der Waals surface area contributed by atoms with Gasteiger partial charge in [-0.2, -0.15) is 0 Å². The van der Waals surface area contributed by atoms with Gasteiger partial charge in [-0.05, 0) is 37.4 Å². The van der Waals surface area contributed by atoms with Gasteiger partial charge in [0.15, 0.2) is 0 Å². The standard InChI is InChI=1S/C16H21N3O2/c1-10-6-7-19(13(10)9-20)8-14-17-15-11(2)4-3-5-12(15)16(21)18-14/h3-5,10,13,20H,6-9H2,1-2H3,(H,17,18,21). The van der Waals surface area contributed by atoms with E-state index in [0.717, 1.165) is 24.0 Å². The second kappa shape index (κ2) is 5.58. The Morgan fingerprint density at radius 1 is 1.48 bits per heavy atom. The number of aromatic amines is 1. The molecule has 0 bridgehead atoms. The van der Waals surface area contributed by atoms with E-state index in [1.165, 1.54) is 0 Å². The third-order valence-corrected chi connectivity index (χ3v) is 4.52. The molecule has 21 heavy (non-hydrogen) atoms. The van der Waals surface area contributed by atoms with Crippen LogP contribution in [0.3, 0.4) is 0 Å². The molecule has 2 unspecified atom stereocenters. The molecule has 112 valence electrons. The Morgan fingerprint density at radius 3 is 3.05 bits per heavy atom. The number of likely N-dealkylation sites (tertiary alicyclic amines) is 1. The summed E-state index contributed by atoms with van der Waals surface area (Å²) >= 11 is 0. The maximum absolute atomic E-state index is 12.2. The predicted octanol–water partition coefficient (Wildman–Crippen LogP) is 1.43. The molecular weight excluding hydrogens is 266 g/mol. The molecule has 0 amide bonds. The van der Waals surface area contributed by atoms with Crippen LogP contribution >= 0.6 is 0 Å². The summed E-state index contributed by atoms with van der Waals surface area (Å²) in [5.41, 5.74) is 1.68. The minimum atomic E-state index is -0.0912. The average Bonchev–Trinajstić information content (AvgIpc) is 2.80. The molecule has 1 aliphatic heterocycles. The highest BCUT2D eigenvalue weighted by Crippen LogP contribution is 2.24. The van der Waals surface area contributed by atoms with Gasteiger partial charge in [-0.1, -0.05) is 19.1 Å². The van der Waals surface area contributed by atoms with Crippen LogP contribution in [-0.2, 0) is 6.54 Å². The van der Waals surface area contributed by atoms with E-state index in [1.54, 1.807) is 6.07 Å². The van der Waals surface area contributed by atoms with Crippen molar-refractivity contribution in [3.05, 3.63) is 39.9 Å². The maximum Gasteiger partial charge on any atom is 0.258 e. The van der Waals surface area contributed by atoms with Gasteiger partial charge in [-0.3, -0.25) is 9.69 Å². The molecule has 0 saturated carbocycles. The number of nitrogens with one attached hydrogen (secondary N) is 1. The molecule has 5 heteroatoms. The van der Waals surface area contributed by atoms with E-state index < -0.39 is 0 Å². The molecule has 2 heterocycles. The number of hydrogen-bond donors (Lipinski definition) is 2. The van der Waals surface area contributed by atoms with E-state index in [9.17, 15) is 9.90 Å². The molecule has 1 fully saturated rings. The third-order valence-electron chi connectivity index (χ3n) is 4.52. The normalized spacial score (nSPS) is 23.0. The summed E-state index contributed by atoms with van der Waals surface area (Å²) in [5, 5.41) is 10.2. The van der Waals surface area contributed by atoms with Gasteiger partial charge in [-0.15, -0.1) is 0 Å². The van der Waals surface area contributed by atoms with Crippen LogP contribution in [0.5, 0.6) is 0 Å². The molecule has 1 aromatic heterocycles. The number of aliphatic hydroxyl groups excluding tert-OH is 1. The van der Waals surface area contributed by atoms with Crippen molar-refractivity contribution in [1.82, 2.24) is 14.9 Å². The Morgan fingerprint density at radius 2 is 2.29 bits per heavy atom. The molecule has 2 aromatic rings. The highest BCUT2D eigenvalue weighted by molar-refractivity contribution is 5.80. The molecule has 0 aliphatic carbocycles. The molecular formula is C16H21N3O2. The summed E-state index contributed by atoms with van der Waals surface area (Å²) in [6, 6.07) is 5.79. The van der Waals surface area contributed by atoms with Crippen molar-refractivity contribution in [2.24, 2.45) is 5.92 Å². The van der Waals surface area contributed by atoms with Crippen molar-refractivity contribution in [3.8, 4) is 0 Å². The molecule has 3 rings (SSSR count). The molecule has 0 radical (unpaired) electrons. The zero-order chi connectivity index (χ0) is 15.0. The Kier molecular flexibility index (Phi) is 3.78. The number of nitrogens with zero attached hydrogens (tertiary/aromatic N) is 2. The van der Waals surface area contributed by atoms with Crippen molar-refractivity contribution >= 4 is 10.9 Å². The fourth-order valence-electron chi connectivity index (χ4n) is 3.20. The van der Waals surface area contributed by atoms with E-state index in [2.05, 4.69) is 21.8 Å². The first-order valence-electron chi connectivity index (χ1n) is 7.43. The Bertz CT molecular complexity index is 710. The summed E-state index contributed by atoms with van der Waals surface area (Å²) in [7, 11) is 0. The number of para-hydroxylation sites is 1. The van der Waals surface area contributed by atoms with Crippen molar-refractivity contribution in [3.63, 3.8) is 0 Å². The lowest BCUT2D eigenvalue weighted by atomic mass is 10.0. The Balaban J connectivity index is 1.95. The highest BCUT2D eigenvalue weighted by Gasteiger charge is 2.30. The zero-order valence-corrected chi connectivity index (χ0v) is 12.5. The number of hydrogen-bond acceptors (Lipinski definition) is 4. The molecule has 5 nitrogen and oxygen atoms in total. The second-order valence-electron chi connectivity index (χ2n) is 5.97. The first-order valence-corrected chi connectivity index (χ1v) is 7.43. The third kappa shape index (κ3) is 2.59. The molecule has 1 aliphatic rings. The fourth-order valence-corrected chi connectivity index (χ4v) is 3.20. The van der Waals surface area contributed by atoms with Gasteiger partial charge in [0.2, 0.25) is 0 Å². The van der Waals surface area contributed by atoms with Gasteiger partial charge < -0.3 is 10.1 Å². The number of aryl methyl sites for hydroxylation is 1. The lowest BCUT2D eigenvalue weighted by Crippen LogP contribution is -2.35. The smallest absolute Gasteiger partial charge is 0.258 e. The lowest BCUT2D eigenvalue weighted by molar-refractivity contribution is 0.132. The quantitative estimate of drug-likeness (QED) is 0.896. The first kappa shape index (κ1) is 14.2. The largest absolute Gasteiger partial charge is 0.395 e. The number of benzene rings is 1. The van der Waals surface area contributed by atoms with Gasteiger partial charge >= 0.3 is 0 Å². The summed E-state index contributed by atoms with van der Waals surface area (Å²) in [5.74, 6) is 1.15. The molecule has 2 N–H and O–H groups in total. The summed E-state index contributed by atoms with van der Waals surface area (Å²) < 4.78 is 0. The maximum atomic E-state index is 12.2. The second-order valence-corrected chi connectivity index (χ2v) is 5.97. The van der Waals surface area contributed by atoms with Crippen LogP contribution in [0.25, 0.3) is 10.9 Å². The van der Waals surface area contributed by atoms with Gasteiger partial charge in [0.1, 0.15) is 5.82 Å². The van der Waals surface area contributed by atoms with Gasteiger partial charge in [-0.25, -0.2) is 4.98 Å². The number of aromatic nitrogens is 2. The van der Waals surface area contributed by atoms with Gasteiger partial charge in [0, 0.05) is 6.04 Å². The summed E-state index contributed by atoms with van der Waals surface area (Å²) in [4.78, 5) is 21.9.